The normalized spacial score (nSPS) is 14.8. The number of carboxylic acids is 1. The summed E-state index contributed by atoms with van der Waals surface area (Å²) in [4.78, 5) is 10.5. The van der Waals surface area contributed by atoms with Crippen LogP contribution in [0.4, 0.5) is 0 Å². The number of carboxylic acid groups (broad SMARTS) is 1. The van der Waals surface area contributed by atoms with E-state index in [-0.39, 0.29) is 6.04 Å². The largest absolute Gasteiger partial charge is 0.544 e. The summed E-state index contributed by atoms with van der Waals surface area (Å²) < 4.78 is 0.429. The van der Waals surface area contributed by atoms with Crippen molar-refractivity contribution in [1.82, 2.24) is 0 Å². The van der Waals surface area contributed by atoms with Crippen molar-refractivity contribution in [3.63, 3.8) is 0 Å². The van der Waals surface area contributed by atoms with Gasteiger partial charge in [0.15, 0.2) is 0 Å². The molecule has 1 atom stereocenters. The van der Waals surface area contributed by atoms with Crippen molar-refractivity contribution < 1.29 is 14.4 Å². The Kier molecular flexibility index (Phi) is 2.84. The average molecular weight is 145 g/mol. The SMILES string of the molecule is CCC(C(=O)[O-])[N+](C)(C)C. The van der Waals surface area contributed by atoms with Gasteiger partial charge in [0.05, 0.1) is 27.1 Å². The Hall–Kier alpha value is -0.570. The third kappa shape index (κ3) is 2.35. The molecule has 10 heavy (non-hydrogen) atoms. The predicted molar refractivity (Wildman–Crippen MR) is 37.1 cm³/mol. The summed E-state index contributed by atoms with van der Waals surface area (Å²) in [6.45, 7) is 1.85. The molecule has 60 valence electrons. The average Bonchev–Trinajstić information content (AvgIpc) is 1.60. The molecule has 0 rings (SSSR count). The smallest absolute Gasteiger partial charge is 0.128 e. The first kappa shape index (κ1) is 9.43. The van der Waals surface area contributed by atoms with Crippen LogP contribution in [0.2, 0.25) is 0 Å². The van der Waals surface area contributed by atoms with Gasteiger partial charge in [0, 0.05) is 6.42 Å². The molecule has 0 saturated heterocycles. The molecule has 0 heterocycles. The van der Waals surface area contributed by atoms with Crippen LogP contribution in [0.1, 0.15) is 13.3 Å². The van der Waals surface area contributed by atoms with Crippen LogP contribution >= 0.6 is 0 Å². The van der Waals surface area contributed by atoms with Crippen molar-refractivity contribution in [2.45, 2.75) is 19.4 Å². The van der Waals surface area contributed by atoms with Crippen LogP contribution in [-0.2, 0) is 4.79 Å². The maximum Gasteiger partial charge on any atom is 0.128 e. The fourth-order valence-corrected chi connectivity index (χ4v) is 1.03. The molecule has 0 saturated carbocycles. The molecule has 0 N–H and O–H groups in total. The molecule has 0 aromatic heterocycles. The van der Waals surface area contributed by atoms with Crippen molar-refractivity contribution in [1.29, 1.82) is 0 Å². The lowest BCUT2D eigenvalue weighted by molar-refractivity contribution is -0.889. The molecular formula is C7H15NO2. The summed E-state index contributed by atoms with van der Waals surface area (Å²) in [7, 11) is 5.55. The van der Waals surface area contributed by atoms with Gasteiger partial charge >= 0.3 is 0 Å². The van der Waals surface area contributed by atoms with E-state index in [0.717, 1.165) is 0 Å². The maximum atomic E-state index is 10.5. The minimum atomic E-state index is -0.963. The number of quaternary nitrogens is 1. The van der Waals surface area contributed by atoms with Gasteiger partial charge in [-0.1, -0.05) is 6.92 Å². The van der Waals surface area contributed by atoms with Crippen LogP contribution in [-0.4, -0.2) is 37.6 Å². The summed E-state index contributed by atoms with van der Waals surface area (Å²) >= 11 is 0. The first-order valence-corrected chi connectivity index (χ1v) is 3.41. The number of hydrogen-bond acceptors (Lipinski definition) is 2. The molecule has 0 aliphatic rings. The third-order valence-corrected chi connectivity index (χ3v) is 1.59. The lowest BCUT2D eigenvalue weighted by Gasteiger charge is -2.33. The second-order valence-electron chi connectivity index (χ2n) is 3.36. The van der Waals surface area contributed by atoms with Crippen molar-refractivity contribution >= 4 is 5.97 Å². The number of likely N-dealkylation sites (N-methyl/N-ethyl adjacent to an activating group) is 1. The van der Waals surface area contributed by atoms with Gasteiger partial charge in [-0.15, -0.1) is 0 Å². The van der Waals surface area contributed by atoms with E-state index in [1.54, 1.807) is 0 Å². The highest BCUT2D eigenvalue weighted by molar-refractivity contribution is 5.69. The molecule has 0 aliphatic heterocycles. The minimum Gasteiger partial charge on any atom is -0.544 e. The van der Waals surface area contributed by atoms with Gasteiger partial charge in [-0.3, -0.25) is 0 Å². The highest BCUT2D eigenvalue weighted by Crippen LogP contribution is 2.05. The standard InChI is InChI=1S/C7H15NO2/c1-5-6(7(9)10)8(2,3)4/h6H,5H2,1-4H3. The summed E-state index contributed by atoms with van der Waals surface area (Å²) in [6.07, 6.45) is 0.617. The Balaban J connectivity index is 4.22. The highest BCUT2D eigenvalue weighted by atomic mass is 16.4. The number of carbonyl (C=O) groups excluding carboxylic acids is 1. The van der Waals surface area contributed by atoms with Crippen molar-refractivity contribution in [2.75, 3.05) is 21.1 Å². The van der Waals surface area contributed by atoms with E-state index in [0.29, 0.717) is 10.9 Å². The first-order chi connectivity index (χ1) is 4.39. The Bertz CT molecular complexity index is 126. The van der Waals surface area contributed by atoms with Gasteiger partial charge in [-0.25, -0.2) is 0 Å². The third-order valence-electron chi connectivity index (χ3n) is 1.59. The van der Waals surface area contributed by atoms with Gasteiger partial charge < -0.3 is 14.4 Å². The van der Waals surface area contributed by atoms with E-state index < -0.39 is 5.97 Å². The maximum absolute atomic E-state index is 10.5. The Morgan fingerprint density at radius 1 is 1.50 bits per heavy atom. The number of aliphatic carboxylic acids is 1. The van der Waals surface area contributed by atoms with Gasteiger partial charge in [0.2, 0.25) is 0 Å². The van der Waals surface area contributed by atoms with Gasteiger partial charge in [-0.2, -0.15) is 0 Å². The Morgan fingerprint density at radius 2 is 1.90 bits per heavy atom. The summed E-state index contributed by atoms with van der Waals surface area (Å²) in [5, 5.41) is 10.5. The molecule has 0 bridgehead atoms. The van der Waals surface area contributed by atoms with E-state index in [4.69, 9.17) is 0 Å². The molecule has 0 fully saturated rings. The molecule has 0 aromatic rings. The van der Waals surface area contributed by atoms with E-state index in [1.807, 2.05) is 28.1 Å². The zero-order valence-corrected chi connectivity index (χ0v) is 7.05. The molecule has 0 spiro atoms. The van der Waals surface area contributed by atoms with Gasteiger partial charge in [0.1, 0.15) is 6.04 Å². The fraction of sp³-hybridized carbons (Fsp3) is 0.857. The molecule has 3 nitrogen and oxygen atoms in total. The molecule has 0 aromatic carbocycles. The molecule has 0 aliphatic carbocycles. The zero-order chi connectivity index (χ0) is 8.36. The van der Waals surface area contributed by atoms with E-state index >= 15 is 0 Å². The molecule has 0 radical (unpaired) electrons. The van der Waals surface area contributed by atoms with Crippen molar-refractivity contribution in [2.24, 2.45) is 0 Å². The van der Waals surface area contributed by atoms with E-state index in [1.165, 1.54) is 0 Å². The number of carbonyl (C=O) groups is 1. The van der Waals surface area contributed by atoms with Crippen molar-refractivity contribution in [3.8, 4) is 0 Å². The highest BCUT2D eigenvalue weighted by Gasteiger charge is 2.22. The van der Waals surface area contributed by atoms with Crippen LogP contribution in [0.5, 0.6) is 0 Å². The zero-order valence-electron chi connectivity index (χ0n) is 7.05. The number of nitrogens with zero attached hydrogens (tertiary/aromatic N) is 1. The first-order valence-electron chi connectivity index (χ1n) is 3.41. The van der Waals surface area contributed by atoms with Crippen molar-refractivity contribution in [3.05, 3.63) is 0 Å². The molecule has 0 amide bonds. The second kappa shape index (κ2) is 3.01. The van der Waals surface area contributed by atoms with E-state index in [9.17, 15) is 9.90 Å². The van der Waals surface area contributed by atoms with Crippen LogP contribution in [0.25, 0.3) is 0 Å². The quantitative estimate of drug-likeness (QED) is 0.489. The molecule has 1 unspecified atom stereocenters. The van der Waals surface area contributed by atoms with E-state index in [2.05, 4.69) is 0 Å². The van der Waals surface area contributed by atoms with Crippen LogP contribution in [0.3, 0.4) is 0 Å². The second-order valence-corrected chi connectivity index (χ2v) is 3.36. The predicted octanol–water partition coefficient (Wildman–Crippen LogP) is -0.779. The minimum absolute atomic E-state index is 0.389. The number of hydrogen-bond donors (Lipinski definition) is 0. The lowest BCUT2D eigenvalue weighted by Crippen LogP contribution is -2.54. The fourth-order valence-electron chi connectivity index (χ4n) is 1.03. The van der Waals surface area contributed by atoms with Crippen LogP contribution in [0, 0.1) is 0 Å². The van der Waals surface area contributed by atoms with Gasteiger partial charge in [-0.05, 0) is 0 Å². The molecular weight excluding hydrogens is 130 g/mol. The van der Waals surface area contributed by atoms with Crippen LogP contribution in [0.15, 0.2) is 0 Å². The topological polar surface area (TPSA) is 40.1 Å². The summed E-state index contributed by atoms with van der Waals surface area (Å²) in [6, 6.07) is -0.389. The monoisotopic (exact) mass is 145 g/mol. The summed E-state index contributed by atoms with van der Waals surface area (Å²) in [5.74, 6) is -0.963. The Labute approximate surface area is 61.9 Å². The summed E-state index contributed by atoms with van der Waals surface area (Å²) in [5.41, 5.74) is 0. The lowest BCUT2D eigenvalue weighted by atomic mass is 10.2. The number of rotatable bonds is 3. The Morgan fingerprint density at radius 3 is 1.90 bits per heavy atom. The van der Waals surface area contributed by atoms with Gasteiger partial charge in [0.25, 0.3) is 0 Å². The molecule has 3 heteroatoms. The van der Waals surface area contributed by atoms with Crippen LogP contribution < -0.4 is 5.11 Å².